The van der Waals surface area contributed by atoms with Crippen LogP contribution in [0.1, 0.15) is 29.8 Å². The van der Waals surface area contributed by atoms with Crippen molar-refractivity contribution in [3.05, 3.63) is 53.5 Å². The third-order valence-corrected chi connectivity index (χ3v) is 4.90. The molecule has 0 spiro atoms. The fourth-order valence-corrected chi connectivity index (χ4v) is 3.71. The lowest BCUT2D eigenvalue weighted by atomic mass is 10.0. The normalized spacial score (nSPS) is 24.7. The molecule has 0 amide bonds. The van der Waals surface area contributed by atoms with Crippen molar-refractivity contribution in [2.45, 2.75) is 32.1 Å². The Balaban J connectivity index is 1.64. The fraction of sp³-hybridized carbons (Fsp3) is 0.474. The number of nitrogens with zero attached hydrogens (tertiary/aromatic N) is 4. The van der Waals surface area contributed by atoms with Gasteiger partial charge in [0, 0.05) is 38.2 Å². The lowest BCUT2D eigenvalue weighted by Gasteiger charge is -2.39. The van der Waals surface area contributed by atoms with Gasteiger partial charge in [-0.2, -0.15) is 0 Å². The summed E-state index contributed by atoms with van der Waals surface area (Å²) >= 11 is 0. The van der Waals surface area contributed by atoms with E-state index in [9.17, 15) is 0 Å². The van der Waals surface area contributed by atoms with Gasteiger partial charge in [-0.1, -0.05) is 30.3 Å². The molecule has 2 atom stereocenters. The van der Waals surface area contributed by atoms with E-state index in [0.717, 1.165) is 38.4 Å². The Morgan fingerprint density at radius 1 is 1.12 bits per heavy atom. The molecule has 2 aliphatic rings. The minimum Gasteiger partial charge on any atom is -0.367 e. The van der Waals surface area contributed by atoms with E-state index in [4.69, 9.17) is 4.74 Å². The predicted molar refractivity (Wildman–Crippen MR) is 94.0 cm³/mol. The minimum absolute atomic E-state index is 0.0851. The van der Waals surface area contributed by atoms with Gasteiger partial charge < -0.3 is 14.5 Å². The van der Waals surface area contributed by atoms with Gasteiger partial charge in [-0.25, -0.2) is 9.97 Å². The third kappa shape index (κ3) is 3.01. The Morgan fingerprint density at radius 3 is 2.79 bits per heavy atom. The highest BCUT2D eigenvalue weighted by molar-refractivity contribution is 5.50. The summed E-state index contributed by atoms with van der Waals surface area (Å²) in [5.74, 6) is 1.09. The third-order valence-electron chi connectivity index (χ3n) is 4.90. The largest absolute Gasteiger partial charge is 0.367 e. The molecular weight excluding hydrogens is 300 g/mol. The van der Waals surface area contributed by atoms with Crippen LogP contribution in [0.3, 0.4) is 0 Å². The maximum atomic E-state index is 6.19. The van der Waals surface area contributed by atoms with Crippen LogP contribution in [0.5, 0.6) is 0 Å². The van der Waals surface area contributed by atoms with Crippen LogP contribution in [0.2, 0.25) is 0 Å². The molecule has 0 aliphatic carbocycles. The van der Waals surface area contributed by atoms with E-state index in [2.05, 4.69) is 58.0 Å². The van der Waals surface area contributed by atoms with Crippen molar-refractivity contribution in [3.63, 3.8) is 0 Å². The molecule has 0 bridgehead atoms. The highest BCUT2D eigenvalue weighted by atomic mass is 16.5. The second-order valence-corrected chi connectivity index (χ2v) is 6.86. The summed E-state index contributed by atoms with van der Waals surface area (Å²) in [5.41, 5.74) is 3.72. The number of benzene rings is 1. The van der Waals surface area contributed by atoms with Gasteiger partial charge in [-0.15, -0.1) is 0 Å². The van der Waals surface area contributed by atoms with E-state index in [1.165, 1.54) is 16.8 Å². The van der Waals surface area contributed by atoms with E-state index in [-0.39, 0.29) is 12.2 Å². The molecule has 0 radical (unpaired) electrons. The van der Waals surface area contributed by atoms with E-state index >= 15 is 0 Å². The molecule has 5 nitrogen and oxygen atoms in total. The molecule has 0 saturated carbocycles. The topological polar surface area (TPSA) is 41.5 Å². The number of likely N-dealkylation sites (N-methyl/N-ethyl adjacent to an activating group) is 1. The first kappa shape index (κ1) is 15.5. The van der Waals surface area contributed by atoms with Crippen molar-refractivity contribution in [2.24, 2.45) is 0 Å². The van der Waals surface area contributed by atoms with Crippen LogP contribution in [0.4, 0.5) is 5.82 Å². The Hall–Kier alpha value is -1.98. The van der Waals surface area contributed by atoms with E-state index < -0.39 is 0 Å². The molecule has 2 aliphatic heterocycles. The van der Waals surface area contributed by atoms with Gasteiger partial charge in [0.1, 0.15) is 18.2 Å². The predicted octanol–water partition coefficient (Wildman–Crippen LogP) is 2.43. The van der Waals surface area contributed by atoms with Crippen molar-refractivity contribution in [3.8, 4) is 0 Å². The van der Waals surface area contributed by atoms with Crippen molar-refractivity contribution >= 4 is 5.82 Å². The van der Waals surface area contributed by atoms with Gasteiger partial charge in [0.2, 0.25) is 0 Å². The lowest BCUT2D eigenvalue weighted by molar-refractivity contribution is -0.0177. The smallest absolute Gasteiger partial charge is 0.136 e. The monoisotopic (exact) mass is 324 g/mol. The molecule has 3 heterocycles. The number of anilines is 1. The second kappa shape index (κ2) is 6.49. The molecular formula is C19H24N4O. The average Bonchev–Trinajstić information content (AvgIpc) is 2.61. The summed E-state index contributed by atoms with van der Waals surface area (Å²) in [7, 11) is 2.16. The molecule has 0 unspecified atom stereocenters. The summed E-state index contributed by atoms with van der Waals surface area (Å²) in [6, 6.07) is 10.5. The number of fused-ring (bicyclic) bond motifs is 1. The molecule has 1 fully saturated rings. The van der Waals surface area contributed by atoms with Gasteiger partial charge in [0.25, 0.3) is 0 Å². The van der Waals surface area contributed by atoms with Gasteiger partial charge >= 0.3 is 0 Å². The van der Waals surface area contributed by atoms with Gasteiger partial charge in [0.05, 0.1) is 11.8 Å². The average molecular weight is 324 g/mol. The zero-order valence-electron chi connectivity index (χ0n) is 14.4. The van der Waals surface area contributed by atoms with Gasteiger partial charge in [-0.3, -0.25) is 0 Å². The Labute approximate surface area is 143 Å². The summed E-state index contributed by atoms with van der Waals surface area (Å²) in [5, 5.41) is 0. The summed E-state index contributed by atoms with van der Waals surface area (Å²) in [4.78, 5) is 13.9. The zero-order valence-corrected chi connectivity index (χ0v) is 14.4. The SMILES string of the molecule is C[C@H]1CN(c2ncnc3c2CN(C)CC3)C[C@@H](c2ccccc2)O1. The molecule has 4 rings (SSSR count). The number of ether oxygens (including phenoxy) is 1. The summed E-state index contributed by atoms with van der Waals surface area (Å²) in [6.45, 7) is 5.84. The first-order valence-corrected chi connectivity index (χ1v) is 8.67. The molecule has 126 valence electrons. The van der Waals surface area contributed by atoms with E-state index in [1.54, 1.807) is 6.33 Å². The molecule has 1 saturated heterocycles. The second-order valence-electron chi connectivity index (χ2n) is 6.86. The van der Waals surface area contributed by atoms with Gasteiger partial charge in [-0.05, 0) is 19.5 Å². The number of morpholine rings is 1. The molecule has 2 aromatic rings. The van der Waals surface area contributed by atoms with Crippen LogP contribution in [-0.4, -0.2) is 47.7 Å². The number of rotatable bonds is 2. The summed E-state index contributed by atoms with van der Waals surface area (Å²) < 4.78 is 6.19. The minimum atomic E-state index is 0.0851. The van der Waals surface area contributed by atoms with E-state index in [1.807, 2.05) is 6.07 Å². The molecule has 24 heavy (non-hydrogen) atoms. The van der Waals surface area contributed by atoms with Crippen LogP contribution in [0.15, 0.2) is 36.7 Å². The standard InChI is InChI=1S/C19H24N4O/c1-14-10-23(12-18(24-14)15-6-4-3-5-7-15)19-16-11-22(2)9-8-17(16)20-13-21-19/h3-7,13-14,18H,8-12H2,1-2H3/t14-,18-/m0/s1. The van der Waals surface area contributed by atoms with Crippen molar-refractivity contribution < 1.29 is 4.74 Å². The van der Waals surface area contributed by atoms with Crippen molar-refractivity contribution in [2.75, 3.05) is 31.6 Å². The molecule has 1 aromatic heterocycles. The highest BCUT2D eigenvalue weighted by Crippen LogP contribution is 2.31. The zero-order chi connectivity index (χ0) is 16.5. The van der Waals surface area contributed by atoms with Crippen molar-refractivity contribution in [1.82, 2.24) is 14.9 Å². The Kier molecular flexibility index (Phi) is 4.21. The Bertz CT molecular complexity index is 706. The quantitative estimate of drug-likeness (QED) is 0.849. The van der Waals surface area contributed by atoms with Crippen molar-refractivity contribution in [1.29, 1.82) is 0 Å². The summed E-state index contributed by atoms with van der Waals surface area (Å²) in [6.07, 6.45) is 2.98. The van der Waals surface area contributed by atoms with Gasteiger partial charge in [0.15, 0.2) is 0 Å². The van der Waals surface area contributed by atoms with E-state index in [0.29, 0.717) is 0 Å². The van der Waals surface area contributed by atoms with Crippen LogP contribution in [0.25, 0.3) is 0 Å². The molecule has 1 aromatic carbocycles. The maximum Gasteiger partial charge on any atom is 0.136 e. The number of hydrogen-bond acceptors (Lipinski definition) is 5. The van der Waals surface area contributed by atoms with Crippen LogP contribution < -0.4 is 4.90 Å². The lowest BCUT2D eigenvalue weighted by Crippen LogP contribution is -2.44. The van der Waals surface area contributed by atoms with Crippen LogP contribution >= 0.6 is 0 Å². The molecule has 0 N–H and O–H groups in total. The number of aromatic nitrogens is 2. The first-order chi connectivity index (χ1) is 11.7. The fourth-order valence-electron chi connectivity index (χ4n) is 3.71. The van der Waals surface area contributed by atoms with Crippen LogP contribution in [-0.2, 0) is 17.7 Å². The highest BCUT2D eigenvalue weighted by Gasteiger charge is 2.30. The molecule has 5 heteroatoms. The number of hydrogen-bond donors (Lipinski definition) is 0. The maximum absolute atomic E-state index is 6.19. The first-order valence-electron chi connectivity index (χ1n) is 8.67. The van der Waals surface area contributed by atoms with Crippen LogP contribution in [0, 0.1) is 0 Å². The Morgan fingerprint density at radius 2 is 1.96 bits per heavy atom.